The molecular weight excluding hydrogens is 326 g/mol. The molecule has 26 heavy (non-hydrogen) atoms. The first kappa shape index (κ1) is 17.5. The fourth-order valence-electron chi connectivity index (χ4n) is 4.54. The van der Waals surface area contributed by atoms with Gasteiger partial charge < -0.3 is 9.80 Å². The summed E-state index contributed by atoms with van der Waals surface area (Å²) >= 11 is 0. The van der Waals surface area contributed by atoms with Crippen molar-refractivity contribution in [1.29, 1.82) is 0 Å². The van der Waals surface area contributed by atoms with Crippen LogP contribution in [0.3, 0.4) is 0 Å². The second-order valence-electron chi connectivity index (χ2n) is 8.13. The zero-order chi connectivity index (χ0) is 17.9. The van der Waals surface area contributed by atoms with Crippen LogP contribution >= 0.6 is 0 Å². The van der Waals surface area contributed by atoms with E-state index in [9.17, 15) is 9.59 Å². The molecule has 0 spiro atoms. The van der Waals surface area contributed by atoms with Crippen LogP contribution in [0.5, 0.6) is 0 Å². The van der Waals surface area contributed by atoms with Gasteiger partial charge in [0.2, 0.25) is 11.8 Å². The molecule has 4 rings (SSSR count). The third-order valence-electron chi connectivity index (χ3n) is 6.29. The Labute approximate surface area is 155 Å². The van der Waals surface area contributed by atoms with Gasteiger partial charge in [0.15, 0.2) is 0 Å². The summed E-state index contributed by atoms with van der Waals surface area (Å²) in [6.45, 7) is 2.38. The molecule has 140 valence electrons. The van der Waals surface area contributed by atoms with Crippen LogP contribution in [0, 0.1) is 11.8 Å². The van der Waals surface area contributed by atoms with E-state index in [1.807, 2.05) is 24.4 Å². The predicted octanol–water partition coefficient (Wildman–Crippen LogP) is 2.65. The second kappa shape index (κ2) is 7.77. The van der Waals surface area contributed by atoms with Gasteiger partial charge in [-0.25, -0.2) is 0 Å². The van der Waals surface area contributed by atoms with Gasteiger partial charge in [-0.3, -0.25) is 14.6 Å². The van der Waals surface area contributed by atoms with Gasteiger partial charge >= 0.3 is 0 Å². The van der Waals surface area contributed by atoms with Crippen LogP contribution in [-0.2, 0) is 16.0 Å². The third-order valence-corrected chi connectivity index (χ3v) is 6.29. The molecule has 3 aliphatic rings. The SMILES string of the molecule is O=C(CCC1CC1)N1CC[C@@H]2[C@@H](CCC(=O)N2CCc2ccccn2)C1. The first-order chi connectivity index (χ1) is 12.7. The van der Waals surface area contributed by atoms with Gasteiger partial charge in [0.25, 0.3) is 0 Å². The predicted molar refractivity (Wildman–Crippen MR) is 99.3 cm³/mol. The highest BCUT2D eigenvalue weighted by atomic mass is 16.2. The molecule has 1 saturated carbocycles. The van der Waals surface area contributed by atoms with Crippen molar-refractivity contribution >= 4 is 11.8 Å². The summed E-state index contributed by atoms with van der Waals surface area (Å²) in [5.74, 6) is 1.85. The lowest BCUT2D eigenvalue weighted by Crippen LogP contribution is -2.57. The first-order valence-corrected chi connectivity index (χ1v) is 10.2. The minimum Gasteiger partial charge on any atom is -0.342 e. The molecule has 1 aromatic rings. The Balaban J connectivity index is 1.33. The van der Waals surface area contributed by atoms with E-state index >= 15 is 0 Å². The number of aromatic nitrogens is 1. The molecule has 1 aromatic heterocycles. The van der Waals surface area contributed by atoms with Crippen molar-refractivity contribution in [2.45, 2.75) is 57.4 Å². The van der Waals surface area contributed by atoms with Gasteiger partial charge in [0.1, 0.15) is 0 Å². The summed E-state index contributed by atoms with van der Waals surface area (Å²) in [6, 6.07) is 6.23. The number of hydrogen-bond donors (Lipinski definition) is 0. The number of carbonyl (C=O) groups excluding carboxylic acids is 2. The highest BCUT2D eigenvalue weighted by molar-refractivity contribution is 5.78. The van der Waals surface area contributed by atoms with Crippen molar-refractivity contribution in [2.75, 3.05) is 19.6 Å². The summed E-state index contributed by atoms with van der Waals surface area (Å²) in [4.78, 5) is 33.5. The zero-order valence-corrected chi connectivity index (χ0v) is 15.5. The molecule has 1 aliphatic carbocycles. The van der Waals surface area contributed by atoms with Crippen molar-refractivity contribution in [1.82, 2.24) is 14.8 Å². The fraction of sp³-hybridized carbons (Fsp3) is 0.667. The Morgan fingerprint density at radius 1 is 1.19 bits per heavy atom. The molecule has 2 amide bonds. The van der Waals surface area contributed by atoms with E-state index < -0.39 is 0 Å². The average molecular weight is 355 g/mol. The van der Waals surface area contributed by atoms with Crippen LogP contribution in [0.15, 0.2) is 24.4 Å². The normalized spacial score (nSPS) is 25.9. The van der Waals surface area contributed by atoms with E-state index in [4.69, 9.17) is 0 Å². The van der Waals surface area contributed by atoms with Crippen LogP contribution in [0.1, 0.15) is 50.6 Å². The number of hydrogen-bond acceptors (Lipinski definition) is 3. The Bertz CT molecular complexity index is 644. The standard InChI is InChI=1S/C21H29N3O2/c25-20(8-6-16-4-5-16)23-13-11-19-17(15-23)7-9-21(26)24(19)14-10-18-3-1-2-12-22-18/h1-3,12,16-17,19H,4-11,13-15H2/t17-,19+/m0/s1. The minimum absolute atomic E-state index is 0.274. The molecule has 0 aromatic carbocycles. The molecule has 0 N–H and O–H groups in total. The van der Waals surface area contributed by atoms with E-state index in [0.29, 0.717) is 30.7 Å². The number of rotatable bonds is 6. The maximum Gasteiger partial charge on any atom is 0.222 e. The number of nitrogens with zero attached hydrogens (tertiary/aromatic N) is 3. The molecule has 5 heteroatoms. The van der Waals surface area contributed by atoms with Crippen molar-refractivity contribution in [3.8, 4) is 0 Å². The molecule has 3 heterocycles. The lowest BCUT2D eigenvalue weighted by molar-refractivity contribution is -0.144. The second-order valence-corrected chi connectivity index (χ2v) is 8.13. The summed E-state index contributed by atoms with van der Waals surface area (Å²) in [5.41, 5.74) is 1.04. The highest BCUT2D eigenvalue weighted by Crippen LogP contribution is 2.35. The molecule has 2 aliphatic heterocycles. The molecule has 0 unspecified atom stereocenters. The Morgan fingerprint density at radius 3 is 2.85 bits per heavy atom. The van der Waals surface area contributed by atoms with E-state index in [2.05, 4.69) is 14.8 Å². The van der Waals surface area contributed by atoms with E-state index in [1.54, 1.807) is 0 Å². The van der Waals surface area contributed by atoms with Crippen LogP contribution in [0.2, 0.25) is 0 Å². The summed E-state index contributed by atoms with van der Waals surface area (Å²) in [7, 11) is 0. The number of fused-ring (bicyclic) bond motifs is 1. The molecule has 5 nitrogen and oxygen atoms in total. The van der Waals surface area contributed by atoms with Crippen LogP contribution in [0.4, 0.5) is 0 Å². The smallest absolute Gasteiger partial charge is 0.222 e. The Kier molecular flexibility index (Phi) is 5.23. The Morgan fingerprint density at radius 2 is 2.08 bits per heavy atom. The van der Waals surface area contributed by atoms with Gasteiger partial charge in [0, 0.05) is 56.8 Å². The summed E-state index contributed by atoms with van der Waals surface area (Å²) < 4.78 is 0. The lowest BCUT2D eigenvalue weighted by atomic mass is 9.83. The first-order valence-electron chi connectivity index (χ1n) is 10.2. The topological polar surface area (TPSA) is 53.5 Å². The van der Waals surface area contributed by atoms with Gasteiger partial charge in [0.05, 0.1) is 0 Å². The zero-order valence-electron chi connectivity index (χ0n) is 15.5. The maximum absolute atomic E-state index is 12.5. The molecule has 2 atom stereocenters. The third kappa shape index (κ3) is 4.08. The van der Waals surface area contributed by atoms with Gasteiger partial charge in [-0.1, -0.05) is 18.9 Å². The van der Waals surface area contributed by atoms with Crippen molar-refractivity contribution in [3.63, 3.8) is 0 Å². The Hall–Kier alpha value is -1.91. The molecule has 3 fully saturated rings. The van der Waals surface area contributed by atoms with Crippen molar-refractivity contribution in [2.24, 2.45) is 11.8 Å². The van der Waals surface area contributed by atoms with E-state index in [0.717, 1.165) is 56.9 Å². The van der Waals surface area contributed by atoms with Crippen molar-refractivity contribution in [3.05, 3.63) is 30.1 Å². The maximum atomic E-state index is 12.5. The van der Waals surface area contributed by atoms with Crippen LogP contribution in [0.25, 0.3) is 0 Å². The summed E-state index contributed by atoms with van der Waals surface area (Å²) in [6.07, 6.45) is 9.48. The van der Waals surface area contributed by atoms with Gasteiger partial charge in [-0.05, 0) is 43.2 Å². The molecule has 2 saturated heterocycles. The fourth-order valence-corrected chi connectivity index (χ4v) is 4.54. The lowest BCUT2D eigenvalue weighted by Gasteiger charge is -2.47. The quantitative estimate of drug-likeness (QED) is 0.788. The van der Waals surface area contributed by atoms with Gasteiger partial charge in [-0.2, -0.15) is 0 Å². The highest BCUT2D eigenvalue weighted by Gasteiger charge is 2.40. The average Bonchev–Trinajstić information content (AvgIpc) is 3.50. The number of carbonyl (C=O) groups is 2. The molecule has 0 radical (unpaired) electrons. The van der Waals surface area contributed by atoms with Crippen LogP contribution in [-0.4, -0.2) is 52.3 Å². The van der Waals surface area contributed by atoms with E-state index in [-0.39, 0.29) is 5.91 Å². The van der Waals surface area contributed by atoms with Crippen molar-refractivity contribution < 1.29 is 9.59 Å². The minimum atomic E-state index is 0.274. The van der Waals surface area contributed by atoms with E-state index in [1.165, 1.54) is 12.8 Å². The molecular formula is C21H29N3O2. The number of likely N-dealkylation sites (tertiary alicyclic amines) is 2. The monoisotopic (exact) mass is 355 g/mol. The van der Waals surface area contributed by atoms with Gasteiger partial charge in [-0.15, -0.1) is 0 Å². The summed E-state index contributed by atoms with van der Waals surface area (Å²) in [5, 5.41) is 0. The molecule has 0 bridgehead atoms. The number of amides is 2. The number of pyridine rings is 1. The van der Waals surface area contributed by atoms with Crippen LogP contribution < -0.4 is 0 Å². The number of piperidine rings is 2. The largest absolute Gasteiger partial charge is 0.342 e.